The molecule has 128 valence electrons. The standard InChI is InChI=1S/C16H19N3O4S/c1-16(2,3)23-15(21)19-6-4-11-12(8-19)24-14(17-11)18-13(20)10-5-7-22-9-10/h5,7,9H,4,6,8H2,1-3H3,(H,17,18,20). The van der Waals surface area contributed by atoms with Crippen LogP contribution in [0.5, 0.6) is 0 Å². The first kappa shape index (κ1) is 16.5. The summed E-state index contributed by atoms with van der Waals surface area (Å²) < 4.78 is 10.3. The Morgan fingerprint density at radius 3 is 2.88 bits per heavy atom. The second-order valence-electron chi connectivity index (χ2n) is 6.51. The van der Waals surface area contributed by atoms with Crippen LogP contribution in [0.3, 0.4) is 0 Å². The number of amides is 2. The summed E-state index contributed by atoms with van der Waals surface area (Å²) in [7, 11) is 0. The molecule has 2 aromatic heterocycles. The molecule has 1 aliphatic rings. The Labute approximate surface area is 143 Å². The van der Waals surface area contributed by atoms with Gasteiger partial charge in [0.05, 0.1) is 24.1 Å². The molecule has 0 atom stereocenters. The van der Waals surface area contributed by atoms with Gasteiger partial charge in [0.1, 0.15) is 11.9 Å². The van der Waals surface area contributed by atoms with E-state index in [1.165, 1.54) is 23.9 Å². The second-order valence-corrected chi connectivity index (χ2v) is 7.59. The lowest BCUT2D eigenvalue weighted by molar-refractivity contribution is 0.0225. The number of rotatable bonds is 2. The number of carbonyl (C=O) groups excluding carboxylic acids is 2. The van der Waals surface area contributed by atoms with E-state index in [2.05, 4.69) is 10.3 Å². The van der Waals surface area contributed by atoms with E-state index in [9.17, 15) is 9.59 Å². The summed E-state index contributed by atoms with van der Waals surface area (Å²) in [6.45, 7) is 6.54. The number of nitrogens with zero attached hydrogens (tertiary/aromatic N) is 2. The van der Waals surface area contributed by atoms with E-state index < -0.39 is 5.60 Å². The molecule has 0 bridgehead atoms. The van der Waals surface area contributed by atoms with Gasteiger partial charge >= 0.3 is 6.09 Å². The Hall–Kier alpha value is -2.35. The number of aromatic nitrogens is 1. The summed E-state index contributed by atoms with van der Waals surface area (Å²) in [5.74, 6) is -0.265. The first-order chi connectivity index (χ1) is 11.3. The van der Waals surface area contributed by atoms with Gasteiger partial charge in [0.15, 0.2) is 5.13 Å². The first-order valence-electron chi connectivity index (χ1n) is 7.62. The fourth-order valence-corrected chi connectivity index (χ4v) is 3.31. The van der Waals surface area contributed by atoms with Gasteiger partial charge in [0.25, 0.3) is 5.91 Å². The van der Waals surface area contributed by atoms with Crippen LogP contribution in [0.1, 0.15) is 41.7 Å². The Morgan fingerprint density at radius 2 is 2.21 bits per heavy atom. The number of thiazole rings is 1. The van der Waals surface area contributed by atoms with E-state index in [1.54, 1.807) is 11.0 Å². The van der Waals surface area contributed by atoms with Crippen LogP contribution in [0.4, 0.5) is 9.93 Å². The van der Waals surface area contributed by atoms with Crippen molar-refractivity contribution in [2.45, 2.75) is 39.3 Å². The molecule has 0 fully saturated rings. The van der Waals surface area contributed by atoms with Crippen molar-refractivity contribution < 1.29 is 18.7 Å². The van der Waals surface area contributed by atoms with E-state index in [0.717, 1.165) is 10.6 Å². The Morgan fingerprint density at radius 1 is 1.42 bits per heavy atom. The van der Waals surface area contributed by atoms with Crippen LogP contribution in [0.25, 0.3) is 0 Å². The van der Waals surface area contributed by atoms with Crippen molar-refractivity contribution in [1.29, 1.82) is 0 Å². The van der Waals surface area contributed by atoms with Crippen LogP contribution in [0, 0.1) is 0 Å². The molecule has 2 amide bonds. The highest BCUT2D eigenvalue weighted by molar-refractivity contribution is 7.15. The summed E-state index contributed by atoms with van der Waals surface area (Å²) in [4.78, 5) is 31.3. The Balaban J connectivity index is 1.66. The van der Waals surface area contributed by atoms with Gasteiger partial charge in [-0.3, -0.25) is 10.1 Å². The number of hydrogen-bond donors (Lipinski definition) is 1. The number of anilines is 1. The van der Waals surface area contributed by atoms with Crippen molar-refractivity contribution in [3.63, 3.8) is 0 Å². The number of carbonyl (C=O) groups is 2. The molecule has 7 nitrogen and oxygen atoms in total. The predicted molar refractivity (Wildman–Crippen MR) is 89.1 cm³/mol. The summed E-state index contributed by atoms with van der Waals surface area (Å²) in [5, 5.41) is 3.28. The van der Waals surface area contributed by atoms with Crippen LogP contribution < -0.4 is 5.32 Å². The molecular formula is C16H19N3O4S. The van der Waals surface area contributed by atoms with E-state index in [-0.39, 0.29) is 12.0 Å². The lowest BCUT2D eigenvalue weighted by Crippen LogP contribution is -2.39. The highest BCUT2D eigenvalue weighted by Gasteiger charge is 2.28. The molecule has 1 N–H and O–H groups in total. The van der Waals surface area contributed by atoms with Crippen molar-refractivity contribution in [1.82, 2.24) is 9.88 Å². The molecule has 2 aromatic rings. The average Bonchev–Trinajstić information content (AvgIpc) is 3.13. The smallest absolute Gasteiger partial charge is 0.410 e. The van der Waals surface area contributed by atoms with Gasteiger partial charge in [-0.25, -0.2) is 9.78 Å². The summed E-state index contributed by atoms with van der Waals surface area (Å²) in [6, 6.07) is 1.59. The maximum absolute atomic E-state index is 12.2. The van der Waals surface area contributed by atoms with Crippen LogP contribution in [-0.4, -0.2) is 34.0 Å². The maximum atomic E-state index is 12.2. The Kier molecular flexibility index (Phi) is 4.31. The molecule has 0 aromatic carbocycles. The lowest BCUT2D eigenvalue weighted by atomic mass is 10.2. The van der Waals surface area contributed by atoms with Crippen LogP contribution in [0.2, 0.25) is 0 Å². The van der Waals surface area contributed by atoms with Crippen LogP contribution in [0.15, 0.2) is 23.0 Å². The molecule has 3 rings (SSSR count). The first-order valence-corrected chi connectivity index (χ1v) is 8.43. The average molecular weight is 349 g/mol. The molecule has 8 heteroatoms. The van der Waals surface area contributed by atoms with Gasteiger partial charge in [-0.1, -0.05) is 11.3 Å². The molecule has 0 radical (unpaired) electrons. The van der Waals surface area contributed by atoms with Gasteiger partial charge in [-0.2, -0.15) is 0 Å². The monoisotopic (exact) mass is 349 g/mol. The molecule has 0 saturated carbocycles. The molecule has 0 spiro atoms. The van der Waals surface area contributed by atoms with E-state index >= 15 is 0 Å². The van der Waals surface area contributed by atoms with Gasteiger partial charge in [0.2, 0.25) is 0 Å². The van der Waals surface area contributed by atoms with Crippen molar-refractivity contribution >= 4 is 28.5 Å². The second kappa shape index (κ2) is 6.27. The van der Waals surface area contributed by atoms with Gasteiger partial charge in [-0.05, 0) is 26.8 Å². The van der Waals surface area contributed by atoms with Crippen molar-refractivity contribution in [2.75, 3.05) is 11.9 Å². The van der Waals surface area contributed by atoms with Crippen LogP contribution in [-0.2, 0) is 17.7 Å². The number of nitrogens with one attached hydrogen (secondary N) is 1. The van der Waals surface area contributed by atoms with Crippen LogP contribution >= 0.6 is 11.3 Å². The van der Waals surface area contributed by atoms with Gasteiger partial charge in [-0.15, -0.1) is 0 Å². The van der Waals surface area contributed by atoms with E-state index in [0.29, 0.717) is 30.2 Å². The molecular weight excluding hydrogens is 330 g/mol. The SMILES string of the molecule is CC(C)(C)OC(=O)N1CCc2nc(NC(=O)c3ccoc3)sc2C1. The zero-order valence-electron chi connectivity index (χ0n) is 13.8. The number of furan rings is 1. The summed E-state index contributed by atoms with van der Waals surface area (Å²) in [6.07, 6.45) is 3.14. The Bertz CT molecular complexity index is 746. The highest BCUT2D eigenvalue weighted by Crippen LogP contribution is 2.29. The van der Waals surface area contributed by atoms with Crippen molar-refractivity contribution in [2.24, 2.45) is 0 Å². The maximum Gasteiger partial charge on any atom is 0.410 e. The quantitative estimate of drug-likeness (QED) is 0.899. The van der Waals surface area contributed by atoms with Crippen molar-refractivity contribution in [3.05, 3.63) is 34.7 Å². The number of fused-ring (bicyclic) bond motifs is 1. The van der Waals surface area contributed by atoms with Crippen molar-refractivity contribution in [3.8, 4) is 0 Å². The molecule has 3 heterocycles. The molecule has 1 aliphatic heterocycles. The van der Waals surface area contributed by atoms with Gasteiger partial charge < -0.3 is 14.1 Å². The zero-order valence-corrected chi connectivity index (χ0v) is 14.6. The minimum Gasteiger partial charge on any atom is -0.472 e. The summed E-state index contributed by atoms with van der Waals surface area (Å²) >= 11 is 1.38. The van der Waals surface area contributed by atoms with E-state index in [1.807, 2.05) is 20.8 Å². The molecule has 0 unspecified atom stereocenters. The minimum atomic E-state index is -0.519. The normalized spacial score (nSPS) is 14.2. The minimum absolute atomic E-state index is 0.265. The molecule has 0 saturated heterocycles. The third-order valence-corrected chi connectivity index (χ3v) is 4.38. The number of hydrogen-bond acceptors (Lipinski definition) is 6. The summed E-state index contributed by atoms with van der Waals surface area (Å²) in [5.41, 5.74) is 0.843. The highest BCUT2D eigenvalue weighted by atomic mass is 32.1. The lowest BCUT2D eigenvalue weighted by Gasteiger charge is -2.29. The molecule has 24 heavy (non-hydrogen) atoms. The largest absolute Gasteiger partial charge is 0.472 e. The van der Waals surface area contributed by atoms with E-state index in [4.69, 9.17) is 9.15 Å². The van der Waals surface area contributed by atoms with Gasteiger partial charge in [0, 0.05) is 17.8 Å². The fraction of sp³-hybridized carbons (Fsp3) is 0.438. The number of ether oxygens (including phenoxy) is 1. The third kappa shape index (κ3) is 3.76. The fourth-order valence-electron chi connectivity index (χ4n) is 2.29. The predicted octanol–water partition coefficient (Wildman–Crippen LogP) is 3.28. The topological polar surface area (TPSA) is 84.7 Å². The third-order valence-electron chi connectivity index (χ3n) is 3.39. The zero-order chi connectivity index (χ0) is 17.3. The molecule has 0 aliphatic carbocycles.